The number of carbonyl (C=O) groups excluding carboxylic acids is 2. The number of nitrogens with one attached hydrogen (secondary N) is 1. The van der Waals surface area contributed by atoms with Crippen molar-refractivity contribution >= 4 is 12.1 Å². The second-order valence-corrected chi connectivity index (χ2v) is 8.13. The topological polar surface area (TPSA) is 84.9 Å². The summed E-state index contributed by atoms with van der Waals surface area (Å²) in [5.41, 5.74) is 0. The highest BCUT2D eigenvalue weighted by molar-refractivity contribution is 5.81. The van der Waals surface area contributed by atoms with Gasteiger partial charge in [-0.1, -0.05) is 104 Å². The molecule has 1 unspecified atom stereocenters. The van der Waals surface area contributed by atoms with Crippen LogP contribution in [-0.4, -0.2) is 43.0 Å². The molecule has 0 aromatic carbocycles. The van der Waals surface area contributed by atoms with Crippen LogP contribution in [-0.2, 0) is 14.3 Å². The highest BCUT2D eigenvalue weighted by atomic mass is 16.6. The van der Waals surface area contributed by atoms with Crippen LogP contribution in [0.3, 0.4) is 0 Å². The number of amides is 1. The fraction of sp³-hybridized carbons (Fsp3) is 0.917. The standard InChI is InChI=1S/C24H47NO5/c1-3-5-7-9-11-12-13-14-16-18-20-30-24(28)25-22(21-26)23(27)29-19-17-15-10-8-6-4-2/h22,26H,3-21H2,1-2H3,(H,25,28). The monoisotopic (exact) mass is 429 g/mol. The minimum absolute atomic E-state index is 0.316. The molecule has 1 amide bonds. The molecule has 0 radical (unpaired) electrons. The van der Waals surface area contributed by atoms with Crippen LogP contribution in [0.25, 0.3) is 0 Å². The van der Waals surface area contributed by atoms with E-state index in [0.29, 0.717) is 13.2 Å². The Morgan fingerprint density at radius 2 is 1.07 bits per heavy atom. The molecule has 6 heteroatoms. The van der Waals surface area contributed by atoms with Crippen LogP contribution in [0.2, 0.25) is 0 Å². The van der Waals surface area contributed by atoms with Gasteiger partial charge in [0.05, 0.1) is 19.8 Å². The molecule has 0 aliphatic heterocycles. The normalized spacial score (nSPS) is 11.8. The molecule has 0 aliphatic rings. The first-order chi connectivity index (χ1) is 14.7. The van der Waals surface area contributed by atoms with Gasteiger partial charge in [-0.05, 0) is 12.8 Å². The van der Waals surface area contributed by atoms with Crippen LogP contribution in [0, 0.1) is 0 Å². The third kappa shape index (κ3) is 18.7. The largest absolute Gasteiger partial charge is 0.464 e. The Hall–Kier alpha value is -1.30. The second-order valence-electron chi connectivity index (χ2n) is 8.13. The summed E-state index contributed by atoms with van der Waals surface area (Å²) in [4.78, 5) is 23.8. The molecule has 0 saturated carbocycles. The summed E-state index contributed by atoms with van der Waals surface area (Å²) in [5, 5.41) is 11.7. The molecule has 0 aromatic heterocycles. The quantitative estimate of drug-likeness (QED) is 0.175. The Bertz CT molecular complexity index is 403. The lowest BCUT2D eigenvalue weighted by Gasteiger charge is -2.15. The maximum absolute atomic E-state index is 12.0. The van der Waals surface area contributed by atoms with Crippen molar-refractivity contribution in [1.29, 1.82) is 0 Å². The zero-order valence-corrected chi connectivity index (χ0v) is 19.6. The Labute approximate surface area is 184 Å². The average molecular weight is 430 g/mol. The van der Waals surface area contributed by atoms with E-state index >= 15 is 0 Å². The molecule has 0 bridgehead atoms. The van der Waals surface area contributed by atoms with Crippen molar-refractivity contribution in [1.82, 2.24) is 5.32 Å². The SMILES string of the molecule is CCCCCCCCCCCCOC(=O)NC(CO)C(=O)OCCCCCCCC. The van der Waals surface area contributed by atoms with Gasteiger partial charge in [-0.15, -0.1) is 0 Å². The van der Waals surface area contributed by atoms with Gasteiger partial charge >= 0.3 is 12.1 Å². The first-order valence-electron chi connectivity index (χ1n) is 12.4. The minimum Gasteiger partial charge on any atom is -0.464 e. The Morgan fingerprint density at radius 1 is 0.667 bits per heavy atom. The molecule has 0 aliphatic carbocycles. The first kappa shape index (κ1) is 28.7. The average Bonchev–Trinajstić information content (AvgIpc) is 2.75. The number of rotatable bonds is 21. The van der Waals surface area contributed by atoms with Crippen LogP contribution in [0.5, 0.6) is 0 Å². The van der Waals surface area contributed by atoms with E-state index in [1.54, 1.807) is 0 Å². The van der Waals surface area contributed by atoms with Crippen molar-refractivity contribution in [2.75, 3.05) is 19.8 Å². The van der Waals surface area contributed by atoms with Crippen molar-refractivity contribution in [2.24, 2.45) is 0 Å². The Morgan fingerprint density at radius 3 is 1.50 bits per heavy atom. The van der Waals surface area contributed by atoms with Gasteiger partial charge in [-0.2, -0.15) is 0 Å². The number of aliphatic hydroxyl groups is 1. The van der Waals surface area contributed by atoms with Crippen molar-refractivity contribution in [2.45, 2.75) is 123 Å². The number of ether oxygens (including phenoxy) is 2. The fourth-order valence-corrected chi connectivity index (χ4v) is 3.27. The molecule has 0 fully saturated rings. The van der Waals surface area contributed by atoms with E-state index in [4.69, 9.17) is 9.47 Å². The molecule has 0 spiro atoms. The fourth-order valence-electron chi connectivity index (χ4n) is 3.27. The molecular weight excluding hydrogens is 382 g/mol. The van der Waals surface area contributed by atoms with Gasteiger partial charge < -0.3 is 19.9 Å². The summed E-state index contributed by atoms with van der Waals surface area (Å²) in [6.07, 6.45) is 18.1. The lowest BCUT2D eigenvalue weighted by molar-refractivity contribution is -0.147. The highest BCUT2D eigenvalue weighted by Crippen LogP contribution is 2.10. The lowest BCUT2D eigenvalue weighted by Crippen LogP contribution is -2.44. The van der Waals surface area contributed by atoms with E-state index in [1.807, 2.05) is 0 Å². The van der Waals surface area contributed by atoms with E-state index in [1.165, 1.54) is 64.2 Å². The van der Waals surface area contributed by atoms with E-state index in [2.05, 4.69) is 19.2 Å². The van der Waals surface area contributed by atoms with Crippen molar-refractivity contribution in [3.63, 3.8) is 0 Å². The van der Waals surface area contributed by atoms with E-state index in [-0.39, 0.29) is 0 Å². The Kier molecular flexibility index (Phi) is 21.4. The molecule has 178 valence electrons. The predicted molar refractivity (Wildman–Crippen MR) is 122 cm³/mol. The number of hydrogen-bond acceptors (Lipinski definition) is 5. The van der Waals surface area contributed by atoms with Gasteiger partial charge in [-0.3, -0.25) is 0 Å². The number of hydrogen-bond donors (Lipinski definition) is 2. The number of carbonyl (C=O) groups is 2. The third-order valence-electron chi connectivity index (χ3n) is 5.23. The zero-order chi connectivity index (χ0) is 22.3. The molecule has 2 N–H and O–H groups in total. The molecule has 0 aromatic rings. The van der Waals surface area contributed by atoms with E-state index in [9.17, 15) is 14.7 Å². The van der Waals surface area contributed by atoms with E-state index < -0.39 is 24.7 Å². The molecule has 0 heterocycles. The lowest BCUT2D eigenvalue weighted by atomic mass is 10.1. The number of aliphatic hydroxyl groups excluding tert-OH is 1. The summed E-state index contributed by atoms with van der Waals surface area (Å²) in [5.74, 6) is -0.609. The summed E-state index contributed by atoms with van der Waals surface area (Å²) in [6, 6.07) is -1.06. The molecule has 0 saturated heterocycles. The van der Waals surface area contributed by atoms with Crippen LogP contribution >= 0.6 is 0 Å². The first-order valence-corrected chi connectivity index (χ1v) is 12.4. The predicted octanol–water partition coefficient (Wildman–Crippen LogP) is 5.90. The van der Waals surface area contributed by atoms with Gasteiger partial charge in [-0.25, -0.2) is 9.59 Å². The van der Waals surface area contributed by atoms with Gasteiger partial charge in [0.2, 0.25) is 0 Å². The van der Waals surface area contributed by atoms with Gasteiger partial charge in [0.15, 0.2) is 6.04 Å². The molecular formula is C24H47NO5. The third-order valence-corrected chi connectivity index (χ3v) is 5.23. The summed E-state index contributed by atoms with van der Waals surface area (Å²) >= 11 is 0. The summed E-state index contributed by atoms with van der Waals surface area (Å²) in [6.45, 7) is 4.55. The summed E-state index contributed by atoms with van der Waals surface area (Å²) in [7, 11) is 0. The van der Waals surface area contributed by atoms with Gasteiger partial charge in [0.1, 0.15) is 0 Å². The highest BCUT2D eigenvalue weighted by Gasteiger charge is 2.21. The summed E-state index contributed by atoms with van der Waals surface area (Å²) < 4.78 is 10.3. The molecule has 1 atom stereocenters. The maximum Gasteiger partial charge on any atom is 0.407 e. The van der Waals surface area contributed by atoms with Gasteiger partial charge in [0.25, 0.3) is 0 Å². The molecule has 30 heavy (non-hydrogen) atoms. The number of unbranched alkanes of at least 4 members (excludes halogenated alkanes) is 14. The molecule has 0 rings (SSSR count). The molecule has 6 nitrogen and oxygen atoms in total. The van der Waals surface area contributed by atoms with Crippen LogP contribution in [0.15, 0.2) is 0 Å². The zero-order valence-electron chi connectivity index (χ0n) is 19.6. The maximum atomic E-state index is 12.0. The minimum atomic E-state index is -1.06. The van der Waals surface area contributed by atoms with E-state index in [0.717, 1.165) is 38.5 Å². The second kappa shape index (κ2) is 22.4. The van der Waals surface area contributed by atoms with Crippen molar-refractivity contribution in [3.05, 3.63) is 0 Å². The van der Waals surface area contributed by atoms with Crippen molar-refractivity contribution in [3.8, 4) is 0 Å². The van der Waals surface area contributed by atoms with Gasteiger partial charge in [0, 0.05) is 0 Å². The Balaban J connectivity index is 3.63. The smallest absolute Gasteiger partial charge is 0.407 e. The number of alkyl carbamates (subject to hydrolysis) is 1. The number of esters is 1. The van der Waals surface area contributed by atoms with Crippen LogP contribution in [0.1, 0.15) is 117 Å². The van der Waals surface area contributed by atoms with Crippen molar-refractivity contribution < 1.29 is 24.2 Å². The van der Waals surface area contributed by atoms with Crippen LogP contribution in [0.4, 0.5) is 4.79 Å². The van der Waals surface area contributed by atoms with Crippen LogP contribution < -0.4 is 5.32 Å².